The van der Waals surface area contributed by atoms with Crippen molar-refractivity contribution in [2.75, 3.05) is 6.61 Å². The van der Waals surface area contributed by atoms with Crippen LogP contribution in [0.2, 0.25) is 0 Å². The van der Waals surface area contributed by atoms with Crippen molar-refractivity contribution < 1.29 is 19.4 Å². The Morgan fingerprint density at radius 2 is 2.05 bits per heavy atom. The van der Waals surface area contributed by atoms with Gasteiger partial charge in [-0.25, -0.2) is 0 Å². The number of amides is 1. The van der Waals surface area contributed by atoms with E-state index in [0.717, 1.165) is 16.9 Å². The molecule has 0 heterocycles. The minimum atomic E-state index is -0.909. The van der Waals surface area contributed by atoms with Crippen LogP contribution in [0, 0.1) is 13.8 Å². The van der Waals surface area contributed by atoms with Crippen molar-refractivity contribution in [1.82, 2.24) is 5.32 Å². The number of hydrogen-bond donors (Lipinski definition) is 2. The van der Waals surface area contributed by atoms with Crippen molar-refractivity contribution >= 4 is 11.9 Å². The number of carbonyl (C=O) groups is 2. The van der Waals surface area contributed by atoms with Gasteiger partial charge in [0.05, 0.1) is 19.4 Å². The maximum Gasteiger partial charge on any atom is 0.305 e. The summed E-state index contributed by atoms with van der Waals surface area (Å²) in [5, 5.41) is 11.4. The van der Waals surface area contributed by atoms with Gasteiger partial charge >= 0.3 is 5.97 Å². The van der Waals surface area contributed by atoms with E-state index in [1.54, 1.807) is 0 Å². The molecule has 0 saturated carbocycles. The van der Waals surface area contributed by atoms with Crippen molar-refractivity contribution in [3.05, 3.63) is 29.3 Å². The molecule has 0 fully saturated rings. The monoisotopic (exact) mass is 293 g/mol. The Hall–Kier alpha value is -2.04. The van der Waals surface area contributed by atoms with Gasteiger partial charge in [0.15, 0.2) is 0 Å². The van der Waals surface area contributed by atoms with Gasteiger partial charge in [-0.1, -0.05) is 19.1 Å². The van der Waals surface area contributed by atoms with Gasteiger partial charge in [-0.3, -0.25) is 9.59 Å². The standard InChI is InChI=1S/C16H23NO4/c1-4-13(10-16(19)20)17-15(18)8-9-21-14-7-5-6-11(2)12(14)3/h5-7,13H,4,8-10H2,1-3H3,(H,17,18)(H,19,20). The topological polar surface area (TPSA) is 75.6 Å². The summed E-state index contributed by atoms with van der Waals surface area (Å²) in [7, 11) is 0. The van der Waals surface area contributed by atoms with E-state index in [-0.39, 0.29) is 31.4 Å². The smallest absolute Gasteiger partial charge is 0.305 e. The molecule has 1 amide bonds. The SMILES string of the molecule is CCC(CC(=O)O)NC(=O)CCOc1cccc(C)c1C. The number of hydrogen-bond acceptors (Lipinski definition) is 3. The first kappa shape index (κ1) is 17.0. The van der Waals surface area contributed by atoms with E-state index in [2.05, 4.69) is 5.32 Å². The quantitative estimate of drug-likeness (QED) is 0.772. The second-order valence-electron chi connectivity index (χ2n) is 5.07. The first-order chi connectivity index (χ1) is 9.93. The highest BCUT2D eigenvalue weighted by Gasteiger charge is 2.14. The van der Waals surface area contributed by atoms with Crippen LogP contribution in [-0.4, -0.2) is 29.6 Å². The molecule has 0 aliphatic carbocycles. The third-order valence-corrected chi connectivity index (χ3v) is 3.42. The normalized spacial score (nSPS) is 11.8. The van der Waals surface area contributed by atoms with Gasteiger partial charge in [-0.05, 0) is 37.5 Å². The van der Waals surface area contributed by atoms with E-state index in [1.165, 1.54) is 0 Å². The minimum absolute atomic E-state index is 0.0555. The molecule has 1 aromatic carbocycles. The Morgan fingerprint density at radius 1 is 1.33 bits per heavy atom. The molecule has 116 valence electrons. The molecule has 0 aliphatic rings. The molecule has 5 heteroatoms. The molecule has 21 heavy (non-hydrogen) atoms. The van der Waals surface area contributed by atoms with Crippen LogP contribution in [0.5, 0.6) is 5.75 Å². The highest BCUT2D eigenvalue weighted by atomic mass is 16.5. The fourth-order valence-corrected chi connectivity index (χ4v) is 1.94. The summed E-state index contributed by atoms with van der Waals surface area (Å²) < 4.78 is 5.61. The number of aryl methyl sites for hydroxylation is 1. The summed E-state index contributed by atoms with van der Waals surface area (Å²) in [4.78, 5) is 22.4. The lowest BCUT2D eigenvalue weighted by atomic mass is 10.1. The zero-order valence-corrected chi connectivity index (χ0v) is 12.8. The molecule has 2 N–H and O–H groups in total. The lowest BCUT2D eigenvalue weighted by molar-refractivity contribution is -0.137. The summed E-state index contributed by atoms with van der Waals surface area (Å²) in [6, 6.07) is 5.47. The molecule has 1 atom stereocenters. The number of ether oxygens (including phenoxy) is 1. The summed E-state index contributed by atoms with van der Waals surface area (Å²) >= 11 is 0. The largest absolute Gasteiger partial charge is 0.493 e. The highest BCUT2D eigenvalue weighted by Crippen LogP contribution is 2.20. The number of rotatable bonds is 8. The summed E-state index contributed by atoms with van der Waals surface area (Å²) in [5.41, 5.74) is 2.21. The van der Waals surface area contributed by atoms with E-state index < -0.39 is 5.97 Å². The number of benzene rings is 1. The molecular formula is C16H23NO4. The fraction of sp³-hybridized carbons (Fsp3) is 0.500. The van der Waals surface area contributed by atoms with Crippen LogP contribution in [0.15, 0.2) is 18.2 Å². The van der Waals surface area contributed by atoms with Crippen molar-refractivity contribution in [2.24, 2.45) is 0 Å². The second kappa shape index (κ2) is 8.29. The molecule has 0 aliphatic heterocycles. The Morgan fingerprint density at radius 3 is 2.67 bits per heavy atom. The maximum absolute atomic E-state index is 11.8. The van der Waals surface area contributed by atoms with E-state index in [9.17, 15) is 9.59 Å². The van der Waals surface area contributed by atoms with E-state index in [1.807, 2.05) is 39.0 Å². The molecule has 1 aromatic rings. The second-order valence-corrected chi connectivity index (χ2v) is 5.07. The van der Waals surface area contributed by atoms with Crippen LogP contribution in [0.4, 0.5) is 0 Å². The summed E-state index contributed by atoms with van der Waals surface area (Å²) in [6.45, 7) is 6.11. The molecule has 0 saturated heterocycles. The third-order valence-electron chi connectivity index (χ3n) is 3.42. The maximum atomic E-state index is 11.8. The molecule has 0 bridgehead atoms. The molecule has 5 nitrogen and oxygen atoms in total. The van der Waals surface area contributed by atoms with E-state index in [4.69, 9.17) is 9.84 Å². The fourth-order valence-electron chi connectivity index (χ4n) is 1.94. The van der Waals surface area contributed by atoms with Gasteiger partial charge in [-0.15, -0.1) is 0 Å². The molecule has 0 spiro atoms. The zero-order chi connectivity index (χ0) is 15.8. The summed E-state index contributed by atoms with van der Waals surface area (Å²) in [5.74, 6) is -0.317. The number of carboxylic acid groups (broad SMARTS) is 1. The molecular weight excluding hydrogens is 270 g/mol. The Kier molecular flexibility index (Phi) is 6.72. The van der Waals surface area contributed by atoms with Gasteiger partial charge in [0.2, 0.25) is 5.91 Å². The van der Waals surface area contributed by atoms with Crippen molar-refractivity contribution in [2.45, 2.75) is 46.1 Å². The number of nitrogens with one attached hydrogen (secondary N) is 1. The van der Waals surface area contributed by atoms with E-state index >= 15 is 0 Å². The molecule has 1 unspecified atom stereocenters. The molecule has 0 aromatic heterocycles. The van der Waals surface area contributed by atoms with Gasteiger partial charge < -0.3 is 15.2 Å². The number of carboxylic acids is 1. The minimum Gasteiger partial charge on any atom is -0.493 e. The predicted molar refractivity (Wildman–Crippen MR) is 80.5 cm³/mol. The van der Waals surface area contributed by atoms with Gasteiger partial charge in [0.1, 0.15) is 5.75 Å². The predicted octanol–water partition coefficient (Wildman–Crippen LogP) is 2.44. The Balaban J connectivity index is 2.39. The lowest BCUT2D eigenvalue weighted by Crippen LogP contribution is -2.36. The molecule has 1 rings (SSSR count). The van der Waals surface area contributed by atoms with Gasteiger partial charge in [0, 0.05) is 6.04 Å². The third kappa shape index (κ3) is 5.85. The van der Waals surface area contributed by atoms with Crippen LogP contribution in [0.25, 0.3) is 0 Å². The first-order valence-electron chi connectivity index (χ1n) is 7.14. The summed E-state index contributed by atoms with van der Waals surface area (Å²) in [6.07, 6.45) is 0.749. The van der Waals surface area contributed by atoms with Crippen LogP contribution in [-0.2, 0) is 9.59 Å². The van der Waals surface area contributed by atoms with Gasteiger partial charge in [0.25, 0.3) is 0 Å². The van der Waals surface area contributed by atoms with E-state index in [0.29, 0.717) is 6.42 Å². The Labute approximate surface area is 125 Å². The van der Waals surface area contributed by atoms with Crippen LogP contribution < -0.4 is 10.1 Å². The Bertz CT molecular complexity index is 499. The van der Waals surface area contributed by atoms with Gasteiger partial charge in [-0.2, -0.15) is 0 Å². The first-order valence-corrected chi connectivity index (χ1v) is 7.14. The number of carbonyl (C=O) groups excluding carboxylic acids is 1. The van der Waals surface area contributed by atoms with Crippen molar-refractivity contribution in [3.63, 3.8) is 0 Å². The highest BCUT2D eigenvalue weighted by molar-refractivity contribution is 5.77. The van der Waals surface area contributed by atoms with Crippen LogP contribution in [0.3, 0.4) is 0 Å². The molecule has 0 radical (unpaired) electrons. The van der Waals surface area contributed by atoms with Crippen LogP contribution in [0.1, 0.15) is 37.3 Å². The average Bonchev–Trinajstić information content (AvgIpc) is 2.42. The van der Waals surface area contributed by atoms with Crippen molar-refractivity contribution in [1.29, 1.82) is 0 Å². The zero-order valence-electron chi connectivity index (χ0n) is 12.8. The lowest BCUT2D eigenvalue weighted by Gasteiger charge is -2.15. The number of aliphatic carboxylic acids is 1. The van der Waals surface area contributed by atoms with Crippen molar-refractivity contribution in [3.8, 4) is 5.75 Å². The average molecular weight is 293 g/mol. The van der Waals surface area contributed by atoms with Crippen LogP contribution >= 0.6 is 0 Å².